The van der Waals surface area contributed by atoms with Gasteiger partial charge in [0.1, 0.15) is 0 Å². The molecule has 3 aromatic carbocycles. The van der Waals surface area contributed by atoms with Crippen molar-refractivity contribution in [1.29, 1.82) is 0 Å². The Morgan fingerprint density at radius 2 is 1.44 bits per heavy atom. The molecule has 0 aliphatic carbocycles. The monoisotopic (exact) mass is 368 g/mol. The zero-order valence-electron chi connectivity index (χ0n) is 13.5. The second-order valence-corrected chi connectivity index (χ2v) is 6.41. The molecule has 3 aromatic rings. The summed E-state index contributed by atoms with van der Waals surface area (Å²) in [4.78, 5) is 13.0. The highest BCUT2D eigenvalue weighted by Crippen LogP contribution is 2.40. The Morgan fingerprint density at radius 1 is 0.800 bits per heavy atom. The fourth-order valence-corrected chi connectivity index (χ4v) is 3.40. The van der Waals surface area contributed by atoms with Gasteiger partial charge in [0.15, 0.2) is 0 Å². The molecule has 0 fully saturated rings. The summed E-state index contributed by atoms with van der Waals surface area (Å²) < 4.78 is 0. The van der Waals surface area contributed by atoms with E-state index in [9.17, 15) is 4.79 Å². The fourth-order valence-electron chi connectivity index (χ4n) is 2.80. The van der Waals surface area contributed by atoms with E-state index in [0.29, 0.717) is 16.6 Å². The van der Waals surface area contributed by atoms with E-state index in [1.807, 2.05) is 84.0 Å². The Balaban J connectivity index is 2.14. The van der Waals surface area contributed by atoms with Gasteiger partial charge >= 0.3 is 0 Å². The van der Waals surface area contributed by atoms with Crippen LogP contribution in [0.2, 0.25) is 10.0 Å². The van der Waals surface area contributed by atoms with Gasteiger partial charge in [-0.1, -0.05) is 77.8 Å². The third kappa shape index (κ3) is 4.04. The Bertz CT molecular complexity index is 845. The molecule has 0 bridgehead atoms. The van der Waals surface area contributed by atoms with E-state index in [-0.39, 0.29) is 6.42 Å². The first-order valence-corrected chi connectivity index (χ1v) is 8.64. The van der Waals surface area contributed by atoms with Gasteiger partial charge in [0.2, 0.25) is 6.29 Å². The summed E-state index contributed by atoms with van der Waals surface area (Å²) >= 11 is 12.9. The van der Waals surface area contributed by atoms with Crippen LogP contribution >= 0.6 is 23.2 Å². The summed E-state index contributed by atoms with van der Waals surface area (Å²) in [5.41, 5.74) is 3.62. The molecule has 25 heavy (non-hydrogen) atoms. The van der Waals surface area contributed by atoms with Crippen molar-refractivity contribution in [2.24, 2.45) is 0 Å². The molecule has 0 unspecified atom stereocenters. The normalized spacial score (nSPS) is 10.5. The minimum Gasteiger partial charge on any atom is -0.334 e. The average Bonchev–Trinajstić information content (AvgIpc) is 2.62. The molecule has 0 saturated heterocycles. The number of para-hydroxylation sites is 2. The first kappa shape index (κ1) is 17.5. The van der Waals surface area contributed by atoms with Gasteiger partial charge in [-0.25, -0.2) is 0 Å². The molecule has 1 radical (unpaired) electrons. The molecule has 0 aliphatic heterocycles. The molecule has 2 nitrogen and oxygen atoms in total. The van der Waals surface area contributed by atoms with Crippen LogP contribution in [0.15, 0.2) is 72.8 Å². The molecule has 0 heterocycles. The highest BCUT2D eigenvalue weighted by molar-refractivity contribution is 6.39. The van der Waals surface area contributed by atoms with Crippen molar-refractivity contribution < 1.29 is 4.79 Å². The lowest BCUT2D eigenvalue weighted by Gasteiger charge is -2.29. The van der Waals surface area contributed by atoms with Gasteiger partial charge < -0.3 is 4.90 Å². The summed E-state index contributed by atoms with van der Waals surface area (Å²) in [6.07, 6.45) is 2.19. The second-order valence-electron chi connectivity index (χ2n) is 5.59. The van der Waals surface area contributed by atoms with Gasteiger partial charge in [0, 0.05) is 18.7 Å². The standard InChI is InChI=1S/C21H16Cl2NO/c22-18-10-6-11-19(23)21(18)24(15-16-7-2-1-3-8-16)20-12-5-4-9-17(20)13-14-25/h1-12H,13,15H2. The minimum atomic E-state index is 0.212. The van der Waals surface area contributed by atoms with Crippen LogP contribution in [0, 0.1) is 0 Å². The maximum Gasteiger partial charge on any atom is 0.203 e. The van der Waals surface area contributed by atoms with Crippen LogP contribution in [-0.4, -0.2) is 6.29 Å². The molecule has 0 N–H and O–H groups in total. The summed E-state index contributed by atoms with van der Waals surface area (Å²) in [7, 11) is 0. The van der Waals surface area contributed by atoms with E-state index in [1.54, 1.807) is 0 Å². The van der Waals surface area contributed by atoms with E-state index in [1.165, 1.54) is 0 Å². The van der Waals surface area contributed by atoms with Gasteiger partial charge in [-0.2, -0.15) is 0 Å². The summed E-state index contributed by atoms with van der Waals surface area (Å²) in [5.74, 6) is 0. The number of hydrogen-bond acceptors (Lipinski definition) is 2. The lowest BCUT2D eigenvalue weighted by Crippen LogP contribution is -2.19. The molecule has 125 valence electrons. The number of halogens is 2. The van der Waals surface area contributed by atoms with Gasteiger partial charge in [-0.15, -0.1) is 0 Å². The van der Waals surface area contributed by atoms with Crippen molar-refractivity contribution in [3.63, 3.8) is 0 Å². The van der Waals surface area contributed by atoms with Crippen LogP contribution in [0.25, 0.3) is 0 Å². The van der Waals surface area contributed by atoms with Crippen molar-refractivity contribution in [2.75, 3.05) is 4.90 Å². The van der Waals surface area contributed by atoms with Gasteiger partial charge in [0.05, 0.1) is 15.7 Å². The lowest BCUT2D eigenvalue weighted by molar-refractivity contribution is 0.555. The first-order valence-electron chi connectivity index (χ1n) is 7.89. The fraction of sp³-hybridized carbons (Fsp3) is 0.0952. The zero-order chi connectivity index (χ0) is 17.6. The number of rotatable bonds is 6. The number of carbonyl (C=O) groups excluding carboxylic acids is 1. The molecular formula is C21H16Cl2NO. The van der Waals surface area contributed by atoms with Crippen molar-refractivity contribution >= 4 is 40.9 Å². The number of benzene rings is 3. The van der Waals surface area contributed by atoms with Crippen LogP contribution in [0.5, 0.6) is 0 Å². The minimum absolute atomic E-state index is 0.212. The topological polar surface area (TPSA) is 20.3 Å². The third-order valence-electron chi connectivity index (χ3n) is 3.94. The van der Waals surface area contributed by atoms with Gasteiger partial charge in [-0.3, -0.25) is 4.79 Å². The van der Waals surface area contributed by atoms with Crippen LogP contribution in [0.4, 0.5) is 11.4 Å². The quantitative estimate of drug-likeness (QED) is 0.532. The Morgan fingerprint density at radius 3 is 2.12 bits per heavy atom. The van der Waals surface area contributed by atoms with Gasteiger partial charge in [-0.05, 0) is 29.3 Å². The summed E-state index contributed by atoms with van der Waals surface area (Å²) in [5, 5.41) is 1.13. The van der Waals surface area contributed by atoms with Crippen LogP contribution in [0.3, 0.4) is 0 Å². The smallest absolute Gasteiger partial charge is 0.203 e. The molecule has 0 saturated carbocycles. The summed E-state index contributed by atoms with van der Waals surface area (Å²) in [6.45, 7) is 0.583. The third-order valence-corrected chi connectivity index (χ3v) is 4.55. The molecule has 0 atom stereocenters. The van der Waals surface area contributed by atoms with E-state index < -0.39 is 0 Å². The first-order chi connectivity index (χ1) is 12.2. The number of anilines is 2. The van der Waals surface area contributed by atoms with Crippen LogP contribution < -0.4 is 4.90 Å². The predicted molar refractivity (Wildman–Crippen MR) is 105 cm³/mol. The van der Waals surface area contributed by atoms with Gasteiger partial charge in [0.25, 0.3) is 0 Å². The number of nitrogens with zero attached hydrogens (tertiary/aromatic N) is 1. The van der Waals surface area contributed by atoms with Crippen LogP contribution in [-0.2, 0) is 17.8 Å². The largest absolute Gasteiger partial charge is 0.334 e. The van der Waals surface area contributed by atoms with E-state index in [0.717, 1.165) is 22.5 Å². The maximum absolute atomic E-state index is 11.0. The molecule has 3 rings (SSSR count). The maximum atomic E-state index is 11.0. The second kappa shape index (κ2) is 8.19. The van der Waals surface area contributed by atoms with Crippen molar-refractivity contribution in [1.82, 2.24) is 0 Å². The van der Waals surface area contributed by atoms with E-state index in [4.69, 9.17) is 23.2 Å². The zero-order valence-corrected chi connectivity index (χ0v) is 15.0. The Labute approximate surface area is 157 Å². The summed E-state index contributed by atoms with van der Waals surface area (Å²) in [6, 6.07) is 23.2. The highest BCUT2D eigenvalue weighted by Gasteiger charge is 2.19. The van der Waals surface area contributed by atoms with Crippen molar-refractivity contribution in [3.8, 4) is 0 Å². The molecule has 4 heteroatoms. The molecule has 0 aromatic heterocycles. The molecule has 0 amide bonds. The van der Waals surface area contributed by atoms with E-state index in [2.05, 4.69) is 0 Å². The lowest BCUT2D eigenvalue weighted by atomic mass is 10.1. The number of hydrogen-bond donors (Lipinski definition) is 0. The van der Waals surface area contributed by atoms with E-state index >= 15 is 0 Å². The van der Waals surface area contributed by atoms with Crippen molar-refractivity contribution in [2.45, 2.75) is 13.0 Å². The predicted octanol–water partition coefficient (Wildman–Crippen LogP) is 5.98. The Hall–Kier alpha value is -2.29. The SMILES string of the molecule is O=[C]Cc1ccccc1N(Cc1ccccc1)c1c(Cl)cccc1Cl. The Kier molecular flexibility index (Phi) is 5.75. The molecule has 0 spiro atoms. The molecule has 0 aliphatic rings. The average molecular weight is 369 g/mol. The molecular weight excluding hydrogens is 353 g/mol. The van der Waals surface area contributed by atoms with Crippen LogP contribution in [0.1, 0.15) is 11.1 Å². The van der Waals surface area contributed by atoms with Crippen molar-refractivity contribution in [3.05, 3.63) is 94.0 Å². The highest BCUT2D eigenvalue weighted by atomic mass is 35.5.